The molecule has 4 nitrogen and oxygen atoms in total. The number of benzene rings is 1. The molecule has 156 valence electrons. The van der Waals surface area contributed by atoms with Crippen molar-refractivity contribution in [2.75, 3.05) is 20.7 Å². The largest absolute Gasteiger partial charge is 0.496 e. The number of rotatable bonds is 9. The molecule has 0 aliphatic carbocycles. The second-order valence-electron chi connectivity index (χ2n) is 7.67. The molecule has 2 aromatic rings. The van der Waals surface area contributed by atoms with Gasteiger partial charge in [0.1, 0.15) is 5.75 Å². The van der Waals surface area contributed by atoms with Gasteiger partial charge in [-0.2, -0.15) is 18.3 Å². The summed E-state index contributed by atoms with van der Waals surface area (Å²) in [6.07, 6.45) is -0.269. The Kier molecular flexibility index (Phi) is 7.52. The van der Waals surface area contributed by atoms with E-state index in [1.807, 2.05) is 20.9 Å². The maximum Gasteiger partial charge on any atom is 0.416 e. The molecule has 28 heavy (non-hydrogen) atoms. The van der Waals surface area contributed by atoms with E-state index < -0.39 is 11.7 Å². The highest BCUT2D eigenvalue weighted by Crippen LogP contribution is 2.41. The Balaban J connectivity index is 2.50. The van der Waals surface area contributed by atoms with Crippen LogP contribution >= 0.6 is 0 Å². The van der Waals surface area contributed by atoms with Gasteiger partial charge in [-0.1, -0.05) is 27.2 Å². The lowest BCUT2D eigenvalue weighted by Gasteiger charge is -2.20. The molecule has 0 unspecified atom stereocenters. The van der Waals surface area contributed by atoms with Gasteiger partial charge in [0.15, 0.2) is 0 Å². The first-order valence-electron chi connectivity index (χ1n) is 9.66. The van der Waals surface area contributed by atoms with E-state index >= 15 is 0 Å². The molecule has 0 saturated carbocycles. The molecule has 0 spiro atoms. The molecular formula is C21H30F3N3O. The standard InChI is InChI=1S/C21H30F3N3O/c1-6-7-8-27(4)13-16-12-25-26-20(16)17-11-18(21(22,23)24)15(9-14(2)3)10-19(17)28-5/h10-12,14H,6-9,13H2,1-5H3,(H,25,26). The smallest absolute Gasteiger partial charge is 0.416 e. The maximum absolute atomic E-state index is 13.7. The highest BCUT2D eigenvalue weighted by atomic mass is 19.4. The minimum absolute atomic E-state index is 0.103. The fourth-order valence-electron chi connectivity index (χ4n) is 3.32. The Bertz CT molecular complexity index is 769. The van der Waals surface area contributed by atoms with Crippen molar-refractivity contribution in [3.63, 3.8) is 0 Å². The molecule has 7 heteroatoms. The van der Waals surface area contributed by atoms with Crippen molar-refractivity contribution in [2.45, 2.75) is 52.8 Å². The molecule has 0 aliphatic heterocycles. The highest BCUT2D eigenvalue weighted by Gasteiger charge is 2.35. The van der Waals surface area contributed by atoms with E-state index in [0.29, 0.717) is 30.0 Å². The zero-order valence-electron chi connectivity index (χ0n) is 17.3. The minimum atomic E-state index is -4.43. The summed E-state index contributed by atoms with van der Waals surface area (Å²) in [7, 11) is 3.48. The molecule has 0 amide bonds. The number of unbranched alkanes of at least 4 members (excludes halogenated alkanes) is 1. The van der Waals surface area contributed by atoms with Crippen LogP contribution in [0.2, 0.25) is 0 Å². The maximum atomic E-state index is 13.7. The molecule has 1 aromatic heterocycles. The van der Waals surface area contributed by atoms with Gasteiger partial charge < -0.3 is 9.64 Å². The number of aromatic nitrogens is 2. The van der Waals surface area contributed by atoms with Crippen molar-refractivity contribution >= 4 is 0 Å². The molecule has 0 radical (unpaired) electrons. The number of nitrogens with one attached hydrogen (secondary N) is 1. The molecule has 0 fully saturated rings. The predicted octanol–water partition coefficient (Wildman–Crippen LogP) is 5.53. The summed E-state index contributed by atoms with van der Waals surface area (Å²) >= 11 is 0. The second kappa shape index (κ2) is 9.45. The number of H-pyrrole nitrogens is 1. The molecule has 0 atom stereocenters. The second-order valence-corrected chi connectivity index (χ2v) is 7.67. The van der Waals surface area contributed by atoms with Crippen LogP contribution in [0.1, 0.15) is 50.3 Å². The van der Waals surface area contributed by atoms with Gasteiger partial charge in [-0.3, -0.25) is 5.10 Å². The van der Waals surface area contributed by atoms with Crippen molar-refractivity contribution in [2.24, 2.45) is 5.92 Å². The first-order chi connectivity index (χ1) is 13.2. The van der Waals surface area contributed by atoms with Gasteiger partial charge in [0.2, 0.25) is 0 Å². The molecule has 0 bridgehead atoms. The average Bonchev–Trinajstić information content (AvgIpc) is 3.05. The SMILES string of the molecule is CCCCN(C)Cc1cn[nH]c1-c1cc(C(F)(F)F)c(CC(C)C)cc1OC. The lowest BCUT2D eigenvalue weighted by Crippen LogP contribution is -2.19. The fourth-order valence-corrected chi connectivity index (χ4v) is 3.32. The number of hydrogen-bond acceptors (Lipinski definition) is 3. The highest BCUT2D eigenvalue weighted by molar-refractivity contribution is 5.72. The van der Waals surface area contributed by atoms with Gasteiger partial charge in [-0.25, -0.2) is 0 Å². The quantitative estimate of drug-likeness (QED) is 0.604. The minimum Gasteiger partial charge on any atom is -0.496 e. The Morgan fingerprint density at radius 3 is 2.50 bits per heavy atom. The third kappa shape index (κ3) is 5.50. The summed E-state index contributed by atoms with van der Waals surface area (Å²) in [6.45, 7) is 7.45. The van der Waals surface area contributed by atoms with E-state index in [-0.39, 0.29) is 11.5 Å². The van der Waals surface area contributed by atoms with Crippen molar-refractivity contribution in [3.05, 3.63) is 35.0 Å². The van der Waals surface area contributed by atoms with Crippen LogP contribution in [0.4, 0.5) is 13.2 Å². The number of methoxy groups -OCH3 is 1. The Labute approximate surface area is 165 Å². The summed E-state index contributed by atoms with van der Waals surface area (Å²) in [5.74, 6) is 0.525. The summed E-state index contributed by atoms with van der Waals surface area (Å²) in [4.78, 5) is 2.14. The molecule has 1 heterocycles. The van der Waals surface area contributed by atoms with Gasteiger partial charge in [0, 0.05) is 17.7 Å². The van der Waals surface area contributed by atoms with E-state index in [0.717, 1.165) is 24.9 Å². The van der Waals surface area contributed by atoms with E-state index in [2.05, 4.69) is 22.0 Å². The lowest BCUT2D eigenvalue weighted by atomic mass is 9.93. The number of ether oxygens (including phenoxy) is 1. The van der Waals surface area contributed by atoms with Crippen molar-refractivity contribution in [1.82, 2.24) is 15.1 Å². The Hall–Kier alpha value is -2.02. The molecule has 2 rings (SSSR count). The van der Waals surface area contributed by atoms with E-state index in [1.54, 1.807) is 6.20 Å². The zero-order valence-corrected chi connectivity index (χ0v) is 17.3. The lowest BCUT2D eigenvalue weighted by molar-refractivity contribution is -0.138. The van der Waals surface area contributed by atoms with E-state index in [1.165, 1.54) is 19.2 Å². The molecule has 1 aromatic carbocycles. The molecule has 0 saturated heterocycles. The number of nitrogens with zero attached hydrogens (tertiary/aromatic N) is 2. The number of hydrogen-bond donors (Lipinski definition) is 1. The summed E-state index contributed by atoms with van der Waals surface area (Å²) in [6, 6.07) is 2.71. The molecular weight excluding hydrogens is 367 g/mol. The molecule has 1 N–H and O–H groups in total. The summed E-state index contributed by atoms with van der Waals surface area (Å²) in [5.41, 5.74) is 1.45. The van der Waals surface area contributed by atoms with Gasteiger partial charge >= 0.3 is 6.18 Å². The van der Waals surface area contributed by atoms with Crippen LogP contribution < -0.4 is 4.74 Å². The van der Waals surface area contributed by atoms with Crippen LogP contribution in [-0.2, 0) is 19.1 Å². The summed E-state index contributed by atoms with van der Waals surface area (Å²) < 4.78 is 46.6. The summed E-state index contributed by atoms with van der Waals surface area (Å²) in [5, 5.41) is 6.95. The van der Waals surface area contributed by atoms with Gasteiger partial charge in [0.25, 0.3) is 0 Å². The average molecular weight is 397 g/mol. The van der Waals surface area contributed by atoms with Crippen LogP contribution in [0, 0.1) is 5.92 Å². The Morgan fingerprint density at radius 2 is 1.93 bits per heavy atom. The Morgan fingerprint density at radius 1 is 1.21 bits per heavy atom. The van der Waals surface area contributed by atoms with Gasteiger partial charge in [0.05, 0.1) is 24.6 Å². The normalized spacial score (nSPS) is 12.2. The van der Waals surface area contributed by atoms with Crippen LogP contribution in [-0.4, -0.2) is 35.8 Å². The third-order valence-electron chi connectivity index (χ3n) is 4.68. The third-order valence-corrected chi connectivity index (χ3v) is 4.68. The van der Waals surface area contributed by atoms with Gasteiger partial charge in [-0.15, -0.1) is 0 Å². The van der Waals surface area contributed by atoms with Gasteiger partial charge in [-0.05, 0) is 50.0 Å². The first-order valence-corrected chi connectivity index (χ1v) is 9.66. The van der Waals surface area contributed by atoms with Crippen molar-refractivity contribution in [3.8, 4) is 17.0 Å². The zero-order chi connectivity index (χ0) is 20.9. The van der Waals surface area contributed by atoms with Crippen LogP contribution in [0.3, 0.4) is 0 Å². The van der Waals surface area contributed by atoms with E-state index in [4.69, 9.17) is 4.74 Å². The van der Waals surface area contributed by atoms with E-state index in [9.17, 15) is 13.2 Å². The predicted molar refractivity (Wildman–Crippen MR) is 105 cm³/mol. The van der Waals surface area contributed by atoms with Crippen molar-refractivity contribution in [1.29, 1.82) is 0 Å². The molecule has 0 aliphatic rings. The number of aromatic amines is 1. The van der Waals surface area contributed by atoms with Crippen LogP contribution in [0.25, 0.3) is 11.3 Å². The monoisotopic (exact) mass is 397 g/mol. The topological polar surface area (TPSA) is 41.2 Å². The first kappa shape index (κ1) is 22.3. The van der Waals surface area contributed by atoms with Crippen LogP contribution in [0.15, 0.2) is 18.3 Å². The van der Waals surface area contributed by atoms with Crippen LogP contribution in [0.5, 0.6) is 5.75 Å². The number of halogens is 3. The fraction of sp³-hybridized carbons (Fsp3) is 0.571. The van der Waals surface area contributed by atoms with Crippen molar-refractivity contribution < 1.29 is 17.9 Å². The number of alkyl halides is 3.